The van der Waals surface area contributed by atoms with Crippen molar-refractivity contribution in [2.24, 2.45) is 0 Å². The Labute approximate surface area is 126 Å². The fourth-order valence-electron chi connectivity index (χ4n) is 1.83. The molecule has 1 aromatic carbocycles. The lowest BCUT2D eigenvalue weighted by atomic mass is 10.1. The van der Waals surface area contributed by atoms with E-state index < -0.39 is 0 Å². The number of halogens is 2. The van der Waals surface area contributed by atoms with Crippen LogP contribution in [0.5, 0.6) is 0 Å². The summed E-state index contributed by atoms with van der Waals surface area (Å²) in [6.07, 6.45) is 1.88. The summed E-state index contributed by atoms with van der Waals surface area (Å²) in [5, 5.41) is 5.61. The number of anilines is 1. The summed E-state index contributed by atoms with van der Waals surface area (Å²) in [5.74, 6) is 0.0298. The smallest absolute Gasteiger partial charge is 0.282 e. The van der Waals surface area contributed by atoms with E-state index in [9.17, 15) is 4.79 Å². The Bertz CT molecular complexity index is 390. The van der Waals surface area contributed by atoms with Crippen molar-refractivity contribution in [3.8, 4) is 0 Å². The minimum atomic E-state index is -0.0411. The topological polar surface area (TPSA) is 45.7 Å². The molecule has 3 N–H and O–H groups in total. The lowest BCUT2D eigenvalue weighted by Crippen LogP contribution is -3.00. The van der Waals surface area contributed by atoms with Crippen molar-refractivity contribution in [1.29, 1.82) is 0 Å². The summed E-state index contributed by atoms with van der Waals surface area (Å²) in [5.41, 5.74) is 1.72. The molecule has 0 fully saturated rings. The number of carbonyl (C=O) groups is 1. The van der Waals surface area contributed by atoms with E-state index in [-0.39, 0.29) is 24.4 Å². The van der Waals surface area contributed by atoms with Gasteiger partial charge in [-0.3, -0.25) is 4.79 Å². The summed E-state index contributed by atoms with van der Waals surface area (Å²) in [4.78, 5) is 12.2. The average molecular weight is 305 g/mol. The van der Waals surface area contributed by atoms with Crippen LogP contribution in [0.2, 0.25) is 5.02 Å². The molecule has 1 aromatic rings. The number of hydrogen-bond donors (Lipinski definition) is 2. The van der Waals surface area contributed by atoms with Gasteiger partial charge in [-0.1, -0.05) is 37.6 Å². The van der Waals surface area contributed by atoms with Crippen LogP contribution in [-0.2, 0) is 4.79 Å². The number of rotatable bonds is 6. The molecule has 0 spiro atoms. The van der Waals surface area contributed by atoms with Crippen LogP contribution in [-0.4, -0.2) is 18.5 Å². The second-order valence-electron chi connectivity index (χ2n) is 4.46. The molecule has 0 radical (unpaired) electrons. The highest BCUT2D eigenvalue weighted by atomic mass is 35.5. The molecule has 3 nitrogen and oxygen atoms in total. The second kappa shape index (κ2) is 9.18. The standard InChI is InChI=1S/C14H21ClN2O.ClH/c1-4-9-16-12(5-2)14(18)17-13-10(3)7-6-8-11(13)15;/h6-8,12,16H,4-5,9H2,1-3H3,(H,17,18);1H. The Kier molecular flexibility index (Phi) is 8.81. The molecule has 0 saturated carbocycles. The van der Waals surface area contributed by atoms with Gasteiger partial charge in [-0.15, -0.1) is 0 Å². The first-order chi connectivity index (χ1) is 8.60. The summed E-state index contributed by atoms with van der Waals surface area (Å²) >= 11 is 6.10. The van der Waals surface area contributed by atoms with Gasteiger partial charge in [0.1, 0.15) is 0 Å². The predicted octanol–water partition coefficient (Wildman–Crippen LogP) is -0.657. The summed E-state index contributed by atoms with van der Waals surface area (Å²) in [6.45, 7) is 7.04. The average Bonchev–Trinajstić information content (AvgIpc) is 2.35. The van der Waals surface area contributed by atoms with Gasteiger partial charge in [0, 0.05) is 6.42 Å². The van der Waals surface area contributed by atoms with Gasteiger partial charge in [0.05, 0.1) is 17.3 Å². The van der Waals surface area contributed by atoms with Crippen molar-refractivity contribution in [2.75, 3.05) is 11.9 Å². The van der Waals surface area contributed by atoms with Gasteiger partial charge in [-0.25, -0.2) is 0 Å². The predicted molar refractivity (Wildman–Crippen MR) is 76.0 cm³/mol. The Morgan fingerprint density at radius 3 is 2.63 bits per heavy atom. The number of hydrogen-bond acceptors (Lipinski definition) is 1. The molecule has 19 heavy (non-hydrogen) atoms. The van der Waals surface area contributed by atoms with Gasteiger partial charge < -0.3 is 23.0 Å². The Morgan fingerprint density at radius 1 is 1.42 bits per heavy atom. The van der Waals surface area contributed by atoms with E-state index in [0.29, 0.717) is 5.02 Å². The van der Waals surface area contributed by atoms with E-state index in [2.05, 4.69) is 17.6 Å². The molecule has 0 bridgehead atoms. The largest absolute Gasteiger partial charge is 1.00 e. The van der Waals surface area contributed by atoms with Gasteiger partial charge in [-0.05, 0) is 25.0 Å². The maximum Gasteiger partial charge on any atom is 0.282 e. The van der Waals surface area contributed by atoms with Gasteiger partial charge >= 0.3 is 0 Å². The number of nitrogens with one attached hydrogen (secondary N) is 1. The van der Waals surface area contributed by atoms with Gasteiger partial charge in [-0.2, -0.15) is 0 Å². The molecule has 0 heterocycles. The number of quaternary nitrogens is 1. The van der Waals surface area contributed by atoms with Crippen LogP contribution in [0.4, 0.5) is 5.69 Å². The van der Waals surface area contributed by atoms with Crippen LogP contribution < -0.4 is 23.0 Å². The van der Waals surface area contributed by atoms with Crippen LogP contribution in [0.1, 0.15) is 32.3 Å². The molecule has 1 unspecified atom stereocenters. The Morgan fingerprint density at radius 2 is 2.11 bits per heavy atom. The molecule has 1 atom stereocenters. The van der Waals surface area contributed by atoms with Gasteiger partial charge in [0.25, 0.3) is 5.91 Å². The van der Waals surface area contributed by atoms with E-state index >= 15 is 0 Å². The highest BCUT2D eigenvalue weighted by molar-refractivity contribution is 6.34. The molecule has 0 aliphatic rings. The quantitative estimate of drug-likeness (QED) is 0.720. The molecule has 108 valence electrons. The van der Waals surface area contributed by atoms with Crippen molar-refractivity contribution >= 4 is 23.2 Å². The normalized spacial score (nSPS) is 11.6. The number of benzene rings is 1. The SMILES string of the molecule is CCC[NH2+]C(CC)C(=O)Nc1c(C)cccc1Cl.[Cl-]. The van der Waals surface area contributed by atoms with Crippen LogP contribution >= 0.6 is 11.6 Å². The maximum absolute atomic E-state index is 12.2. The van der Waals surface area contributed by atoms with Crippen LogP contribution in [0, 0.1) is 6.92 Å². The van der Waals surface area contributed by atoms with Crippen molar-refractivity contribution in [3.05, 3.63) is 28.8 Å². The first kappa shape index (κ1) is 18.2. The fourth-order valence-corrected chi connectivity index (χ4v) is 2.10. The monoisotopic (exact) mass is 304 g/mol. The van der Waals surface area contributed by atoms with E-state index in [1.54, 1.807) is 6.07 Å². The van der Waals surface area contributed by atoms with Crippen molar-refractivity contribution in [3.63, 3.8) is 0 Å². The second-order valence-corrected chi connectivity index (χ2v) is 4.87. The number of para-hydroxylation sites is 1. The number of nitrogens with two attached hydrogens (primary N) is 1. The lowest BCUT2D eigenvalue weighted by molar-refractivity contribution is -0.676. The maximum atomic E-state index is 12.2. The first-order valence-electron chi connectivity index (χ1n) is 6.49. The molecule has 0 saturated heterocycles. The van der Waals surface area contributed by atoms with Crippen LogP contribution in [0.25, 0.3) is 0 Å². The Hall–Kier alpha value is -0.770. The number of aryl methyl sites for hydroxylation is 1. The summed E-state index contributed by atoms with van der Waals surface area (Å²) < 4.78 is 0. The summed E-state index contributed by atoms with van der Waals surface area (Å²) in [6, 6.07) is 5.58. The van der Waals surface area contributed by atoms with E-state index in [0.717, 1.165) is 30.6 Å². The molecular formula is C14H22Cl2N2O. The third-order valence-electron chi connectivity index (χ3n) is 2.99. The summed E-state index contributed by atoms with van der Waals surface area (Å²) in [7, 11) is 0. The molecule has 0 aromatic heterocycles. The fraction of sp³-hybridized carbons (Fsp3) is 0.500. The zero-order valence-electron chi connectivity index (χ0n) is 11.7. The zero-order chi connectivity index (χ0) is 13.5. The third-order valence-corrected chi connectivity index (χ3v) is 3.30. The van der Waals surface area contributed by atoms with E-state index in [4.69, 9.17) is 11.6 Å². The van der Waals surface area contributed by atoms with Crippen molar-refractivity contribution in [1.82, 2.24) is 0 Å². The number of amides is 1. The lowest BCUT2D eigenvalue weighted by Gasteiger charge is -2.15. The highest BCUT2D eigenvalue weighted by Crippen LogP contribution is 2.25. The number of carbonyl (C=O) groups excluding carboxylic acids is 1. The van der Waals surface area contributed by atoms with Gasteiger partial charge in [0.2, 0.25) is 0 Å². The van der Waals surface area contributed by atoms with Crippen molar-refractivity contribution in [2.45, 2.75) is 39.7 Å². The molecular weight excluding hydrogens is 283 g/mol. The molecule has 0 aliphatic carbocycles. The van der Waals surface area contributed by atoms with Crippen LogP contribution in [0.15, 0.2) is 18.2 Å². The Balaban J connectivity index is 0.00000324. The van der Waals surface area contributed by atoms with Gasteiger partial charge in [0.15, 0.2) is 6.04 Å². The first-order valence-corrected chi connectivity index (χ1v) is 6.87. The molecule has 5 heteroatoms. The molecule has 1 amide bonds. The zero-order valence-corrected chi connectivity index (χ0v) is 13.2. The molecule has 1 rings (SSSR count). The minimum absolute atomic E-state index is 0. The van der Waals surface area contributed by atoms with Crippen molar-refractivity contribution < 1.29 is 22.5 Å². The van der Waals surface area contributed by atoms with E-state index in [1.807, 2.05) is 26.0 Å². The third kappa shape index (κ3) is 5.39. The highest BCUT2D eigenvalue weighted by Gasteiger charge is 2.20. The minimum Gasteiger partial charge on any atom is -1.00 e. The van der Waals surface area contributed by atoms with E-state index in [1.165, 1.54) is 0 Å². The van der Waals surface area contributed by atoms with Crippen LogP contribution in [0.3, 0.4) is 0 Å². The molecule has 0 aliphatic heterocycles.